The lowest BCUT2D eigenvalue weighted by Crippen LogP contribution is -2.42. The first-order valence-electron chi connectivity index (χ1n) is 7.32. The number of aromatic amines is 1. The summed E-state index contributed by atoms with van der Waals surface area (Å²) in [6, 6.07) is 13.6. The highest BCUT2D eigenvalue weighted by atomic mass is 32.2. The summed E-state index contributed by atoms with van der Waals surface area (Å²) < 4.78 is 0. The zero-order chi connectivity index (χ0) is 17.8. The Hall–Kier alpha value is -3.13. The summed E-state index contributed by atoms with van der Waals surface area (Å²) in [7, 11) is 0. The van der Waals surface area contributed by atoms with Gasteiger partial charge in [0.1, 0.15) is 0 Å². The van der Waals surface area contributed by atoms with Crippen LogP contribution in [0.15, 0.2) is 58.2 Å². The van der Waals surface area contributed by atoms with Gasteiger partial charge in [-0.15, -0.1) is 11.8 Å². The number of nitrogens with one attached hydrogen (secondary N) is 3. The number of hydrazine groups is 1. The number of amides is 2. The van der Waals surface area contributed by atoms with Crippen LogP contribution in [-0.2, 0) is 0 Å². The van der Waals surface area contributed by atoms with E-state index in [-0.39, 0.29) is 11.3 Å². The van der Waals surface area contributed by atoms with Crippen LogP contribution in [-0.4, -0.2) is 28.3 Å². The van der Waals surface area contributed by atoms with E-state index in [1.807, 2.05) is 18.4 Å². The molecule has 3 rings (SSSR count). The largest absolute Gasteiger partial charge is 0.290 e. The van der Waals surface area contributed by atoms with E-state index >= 15 is 0 Å². The lowest BCUT2D eigenvalue weighted by molar-refractivity contribution is 0.0844. The second-order valence-electron chi connectivity index (χ2n) is 5.08. The van der Waals surface area contributed by atoms with Gasteiger partial charge in [0.05, 0.1) is 5.39 Å². The van der Waals surface area contributed by atoms with Gasteiger partial charge in [-0.05, 0) is 36.6 Å². The minimum absolute atomic E-state index is 0.0215. The Kier molecular flexibility index (Phi) is 4.80. The molecule has 3 N–H and O–H groups in total. The Bertz CT molecular complexity index is 999. The number of carbonyl (C=O) groups is 2. The fourth-order valence-electron chi connectivity index (χ4n) is 2.28. The first-order chi connectivity index (χ1) is 12.1. The van der Waals surface area contributed by atoms with Crippen molar-refractivity contribution in [2.24, 2.45) is 0 Å². The van der Waals surface area contributed by atoms with E-state index < -0.39 is 11.8 Å². The Balaban J connectivity index is 1.75. The van der Waals surface area contributed by atoms with Crippen LogP contribution in [0, 0.1) is 0 Å². The SMILES string of the molecule is CSc1ccc(C(=O)NNC(=O)c2n[nH]c(=O)c3ccccc23)cc1. The number of hydrogen-bond acceptors (Lipinski definition) is 5. The summed E-state index contributed by atoms with van der Waals surface area (Å²) in [5.41, 5.74) is 4.70. The molecule has 2 aromatic carbocycles. The molecule has 0 aliphatic heterocycles. The number of thioether (sulfide) groups is 1. The molecule has 0 fully saturated rings. The van der Waals surface area contributed by atoms with Crippen LogP contribution in [0.4, 0.5) is 0 Å². The summed E-state index contributed by atoms with van der Waals surface area (Å²) in [4.78, 5) is 37.1. The van der Waals surface area contributed by atoms with Crippen molar-refractivity contribution in [3.8, 4) is 0 Å². The average Bonchev–Trinajstić information content (AvgIpc) is 2.66. The van der Waals surface area contributed by atoms with Gasteiger partial charge in [0.2, 0.25) is 0 Å². The standard InChI is InChI=1S/C17H14N4O3S/c1-25-11-8-6-10(7-9-11)15(22)19-21-17(24)14-12-4-2-3-5-13(12)16(23)20-18-14/h2-9H,1H3,(H,19,22)(H,20,23)(H,21,24). The summed E-state index contributed by atoms with van der Waals surface area (Å²) in [6.45, 7) is 0. The quantitative estimate of drug-likeness (QED) is 0.491. The average molecular weight is 354 g/mol. The van der Waals surface area contributed by atoms with Gasteiger partial charge >= 0.3 is 0 Å². The molecule has 0 saturated carbocycles. The zero-order valence-corrected chi connectivity index (χ0v) is 14.0. The third kappa shape index (κ3) is 3.53. The van der Waals surface area contributed by atoms with Crippen molar-refractivity contribution in [1.29, 1.82) is 0 Å². The minimum atomic E-state index is -0.624. The molecule has 0 saturated heterocycles. The van der Waals surface area contributed by atoms with Gasteiger partial charge in [0, 0.05) is 15.8 Å². The van der Waals surface area contributed by atoms with E-state index in [0.29, 0.717) is 16.3 Å². The van der Waals surface area contributed by atoms with Crippen LogP contribution in [0.2, 0.25) is 0 Å². The number of benzene rings is 2. The number of hydrogen-bond donors (Lipinski definition) is 3. The Morgan fingerprint density at radius 2 is 1.60 bits per heavy atom. The number of fused-ring (bicyclic) bond motifs is 1. The van der Waals surface area contributed by atoms with Gasteiger partial charge in [-0.25, -0.2) is 5.10 Å². The summed E-state index contributed by atoms with van der Waals surface area (Å²) in [6.07, 6.45) is 1.94. The lowest BCUT2D eigenvalue weighted by atomic mass is 10.1. The molecular formula is C17H14N4O3S. The molecule has 1 aromatic heterocycles. The second kappa shape index (κ2) is 7.18. The van der Waals surface area contributed by atoms with Gasteiger partial charge in [0.15, 0.2) is 5.69 Å². The zero-order valence-electron chi connectivity index (χ0n) is 13.2. The summed E-state index contributed by atoms with van der Waals surface area (Å²) in [5.74, 6) is -1.07. The third-order valence-corrected chi connectivity index (χ3v) is 4.30. The van der Waals surface area contributed by atoms with Crippen LogP contribution in [0.25, 0.3) is 10.8 Å². The maximum atomic E-state index is 12.3. The van der Waals surface area contributed by atoms with Gasteiger partial charge < -0.3 is 0 Å². The van der Waals surface area contributed by atoms with Crippen LogP contribution < -0.4 is 16.4 Å². The molecule has 0 aliphatic carbocycles. The van der Waals surface area contributed by atoms with E-state index in [1.165, 1.54) is 0 Å². The van der Waals surface area contributed by atoms with Gasteiger partial charge in [-0.1, -0.05) is 18.2 Å². The van der Waals surface area contributed by atoms with Crippen molar-refractivity contribution in [3.63, 3.8) is 0 Å². The van der Waals surface area contributed by atoms with Crippen molar-refractivity contribution in [2.75, 3.05) is 6.26 Å². The molecule has 0 atom stereocenters. The predicted octanol–water partition coefficient (Wildman–Crippen LogP) is 1.72. The smallest absolute Gasteiger partial charge is 0.267 e. The van der Waals surface area contributed by atoms with E-state index in [2.05, 4.69) is 21.0 Å². The van der Waals surface area contributed by atoms with Crippen LogP contribution >= 0.6 is 11.8 Å². The molecule has 0 spiro atoms. The van der Waals surface area contributed by atoms with Gasteiger partial charge in [-0.2, -0.15) is 5.10 Å². The topological polar surface area (TPSA) is 104 Å². The lowest BCUT2D eigenvalue weighted by Gasteiger charge is -2.08. The molecule has 0 unspecified atom stereocenters. The van der Waals surface area contributed by atoms with Gasteiger partial charge in [0.25, 0.3) is 17.4 Å². The molecule has 0 radical (unpaired) electrons. The first-order valence-corrected chi connectivity index (χ1v) is 8.55. The van der Waals surface area contributed by atoms with Crippen LogP contribution in [0.3, 0.4) is 0 Å². The third-order valence-electron chi connectivity index (χ3n) is 3.55. The Labute approximate surface area is 146 Å². The Morgan fingerprint density at radius 3 is 2.28 bits per heavy atom. The van der Waals surface area contributed by atoms with Crippen molar-refractivity contribution >= 4 is 34.3 Å². The summed E-state index contributed by atoms with van der Waals surface area (Å²) >= 11 is 1.57. The van der Waals surface area contributed by atoms with Crippen molar-refractivity contribution in [2.45, 2.75) is 4.90 Å². The minimum Gasteiger partial charge on any atom is -0.267 e. The summed E-state index contributed by atoms with van der Waals surface area (Å²) in [5, 5.41) is 6.80. The molecule has 2 amide bonds. The second-order valence-corrected chi connectivity index (χ2v) is 5.96. The molecule has 126 valence electrons. The number of aromatic nitrogens is 2. The van der Waals surface area contributed by atoms with Crippen molar-refractivity contribution < 1.29 is 9.59 Å². The van der Waals surface area contributed by atoms with Crippen LogP contribution in [0.5, 0.6) is 0 Å². The van der Waals surface area contributed by atoms with Crippen molar-refractivity contribution in [1.82, 2.24) is 21.0 Å². The fourth-order valence-corrected chi connectivity index (χ4v) is 2.68. The molecular weight excluding hydrogens is 340 g/mol. The van der Waals surface area contributed by atoms with E-state index in [1.54, 1.807) is 48.2 Å². The van der Waals surface area contributed by atoms with E-state index in [0.717, 1.165) is 4.90 Å². The molecule has 25 heavy (non-hydrogen) atoms. The molecule has 0 aliphatic rings. The molecule has 1 heterocycles. The number of nitrogens with zero attached hydrogens (tertiary/aromatic N) is 1. The number of H-pyrrole nitrogens is 1. The highest BCUT2D eigenvalue weighted by Gasteiger charge is 2.15. The van der Waals surface area contributed by atoms with Crippen LogP contribution in [0.1, 0.15) is 20.8 Å². The normalized spacial score (nSPS) is 10.4. The fraction of sp³-hybridized carbons (Fsp3) is 0.0588. The maximum Gasteiger partial charge on any atom is 0.290 e. The molecule has 0 bridgehead atoms. The highest BCUT2D eigenvalue weighted by molar-refractivity contribution is 7.98. The highest BCUT2D eigenvalue weighted by Crippen LogP contribution is 2.15. The first kappa shape index (κ1) is 16.7. The van der Waals surface area contributed by atoms with E-state index in [9.17, 15) is 14.4 Å². The monoisotopic (exact) mass is 354 g/mol. The number of rotatable bonds is 3. The van der Waals surface area contributed by atoms with E-state index in [4.69, 9.17) is 0 Å². The molecule has 3 aromatic rings. The van der Waals surface area contributed by atoms with Crippen molar-refractivity contribution in [3.05, 3.63) is 70.1 Å². The molecule has 8 heteroatoms. The molecule has 7 nitrogen and oxygen atoms in total. The predicted molar refractivity (Wildman–Crippen MR) is 95.5 cm³/mol. The number of carbonyl (C=O) groups excluding carboxylic acids is 2. The van der Waals surface area contributed by atoms with Gasteiger partial charge in [-0.3, -0.25) is 25.2 Å². The Morgan fingerprint density at radius 1 is 0.960 bits per heavy atom. The maximum absolute atomic E-state index is 12.3.